The van der Waals surface area contributed by atoms with Crippen LogP contribution in [-0.2, 0) is 9.53 Å². The summed E-state index contributed by atoms with van der Waals surface area (Å²) in [5.41, 5.74) is 0.267. The first-order chi connectivity index (χ1) is 7.69. The van der Waals surface area contributed by atoms with E-state index >= 15 is 0 Å². The molecule has 1 atom stereocenters. The maximum Gasteiger partial charge on any atom is 0.380 e. The van der Waals surface area contributed by atoms with Gasteiger partial charge in [0.2, 0.25) is 0 Å². The van der Waals surface area contributed by atoms with Gasteiger partial charge in [0.15, 0.2) is 0 Å². The highest BCUT2D eigenvalue weighted by Gasteiger charge is 2.20. The van der Waals surface area contributed by atoms with Gasteiger partial charge in [0.05, 0.1) is 6.61 Å². The third kappa shape index (κ3) is 3.36. The summed E-state index contributed by atoms with van der Waals surface area (Å²) in [5, 5.41) is 8.79. The van der Waals surface area contributed by atoms with Crippen molar-refractivity contribution in [1.29, 1.82) is 0 Å². The standard InChI is InChI=1S/C11H12O4S/c12-6-9(7-16)15-11(14)10(13)8-4-2-1-3-5-8/h1-5,9,12,16H,6-7H2. The van der Waals surface area contributed by atoms with E-state index in [1.807, 2.05) is 0 Å². The Bertz CT molecular complexity index is 360. The first-order valence-corrected chi connectivity index (χ1v) is 5.34. The Kier molecular flexibility index (Phi) is 5.01. The van der Waals surface area contributed by atoms with Crippen molar-refractivity contribution in [1.82, 2.24) is 0 Å². The lowest BCUT2D eigenvalue weighted by atomic mass is 10.1. The van der Waals surface area contributed by atoms with Gasteiger partial charge in [0, 0.05) is 11.3 Å². The molecule has 1 aromatic carbocycles. The summed E-state index contributed by atoms with van der Waals surface area (Å²) >= 11 is 3.88. The predicted octanol–water partition coefficient (Wildman–Crippen LogP) is 0.703. The van der Waals surface area contributed by atoms with Gasteiger partial charge in [-0.1, -0.05) is 30.3 Å². The van der Waals surface area contributed by atoms with E-state index < -0.39 is 17.9 Å². The second-order valence-electron chi connectivity index (χ2n) is 3.09. The van der Waals surface area contributed by atoms with Gasteiger partial charge in [-0.2, -0.15) is 12.6 Å². The number of hydrogen-bond donors (Lipinski definition) is 2. The van der Waals surface area contributed by atoms with Gasteiger partial charge in [0.25, 0.3) is 5.78 Å². The highest BCUT2D eigenvalue weighted by atomic mass is 32.1. The Morgan fingerprint density at radius 2 is 1.94 bits per heavy atom. The molecule has 0 aliphatic rings. The third-order valence-corrected chi connectivity index (χ3v) is 2.31. The summed E-state index contributed by atoms with van der Waals surface area (Å²) in [6, 6.07) is 8.11. The molecule has 0 amide bonds. The molecule has 0 aliphatic heterocycles. The van der Waals surface area contributed by atoms with Crippen molar-refractivity contribution in [3.63, 3.8) is 0 Å². The molecule has 1 unspecified atom stereocenters. The normalized spacial score (nSPS) is 11.9. The van der Waals surface area contributed by atoms with Crippen molar-refractivity contribution in [2.24, 2.45) is 0 Å². The van der Waals surface area contributed by atoms with Crippen LogP contribution in [0, 0.1) is 0 Å². The Labute approximate surface area is 98.6 Å². The van der Waals surface area contributed by atoms with E-state index in [0.29, 0.717) is 0 Å². The van der Waals surface area contributed by atoms with Crippen molar-refractivity contribution in [3.8, 4) is 0 Å². The number of Topliss-reactive ketones (excluding diaryl/α,β-unsaturated/α-hetero) is 1. The van der Waals surface area contributed by atoms with E-state index in [4.69, 9.17) is 9.84 Å². The number of ketones is 1. The molecule has 0 aromatic heterocycles. The van der Waals surface area contributed by atoms with E-state index in [1.165, 1.54) is 12.1 Å². The SMILES string of the molecule is O=C(OC(CO)CS)C(=O)c1ccccc1. The molecule has 0 fully saturated rings. The van der Waals surface area contributed by atoms with Gasteiger partial charge in [-0.15, -0.1) is 0 Å². The molecule has 16 heavy (non-hydrogen) atoms. The summed E-state index contributed by atoms with van der Waals surface area (Å²) in [5.74, 6) is -1.52. The number of aliphatic hydroxyl groups excluding tert-OH is 1. The number of rotatable bonds is 5. The second kappa shape index (κ2) is 6.30. The van der Waals surface area contributed by atoms with Crippen LogP contribution in [0.5, 0.6) is 0 Å². The summed E-state index contributed by atoms with van der Waals surface area (Å²) in [7, 11) is 0. The Balaban J connectivity index is 2.65. The largest absolute Gasteiger partial charge is 0.453 e. The summed E-state index contributed by atoms with van der Waals surface area (Å²) in [6.07, 6.45) is -0.747. The first-order valence-electron chi connectivity index (χ1n) is 4.71. The van der Waals surface area contributed by atoms with Crippen molar-refractivity contribution < 1.29 is 19.4 Å². The van der Waals surface area contributed by atoms with Crippen LogP contribution in [0.3, 0.4) is 0 Å². The molecule has 0 radical (unpaired) electrons. The maximum absolute atomic E-state index is 11.5. The fourth-order valence-corrected chi connectivity index (χ4v) is 1.23. The molecule has 0 saturated heterocycles. The summed E-state index contributed by atoms with van der Waals surface area (Å²) in [6.45, 7) is -0.350. The molecular weight excluding hydrogens is 228 g/mol. The lowest BCUT2D eigenvalue weighted by Gasteiger charge is -2.11. The minimum absolute atomic E-state index is 0.171. The zero-order valence-electron chi connectivity index (χ0n) is 8.50. The van der Waals surface area contributed by atoms with Crippen LogP contribution in [0.4, 0.5) is 0 Å². The minimum Gasteiger partial charge on any atom is -0.453 e. The quantitative estimate of drug-likeness (QED) is 0.344. The van der Waals surface area contributed by atoms with Crippen molar-refractivity contribution >= 4 is 24.4 Å². The minimum atomic E-state index is -0.973. The van der Waals surface area contributed by atoms with Gasteiger partial charge in [-0.3, -0.25) is 4.79 Å². The van der Waals surface area contributed by atoms with E-state index in [0.717, 1.165) is 0 Å². The summed E-state index contributed by atoms with van der Waals surface area (Å²) < 4.78 is 4.75. The van der Waals surface area contributed by atoms with Crippen LogP contribution in [0.15, 0.2) is 30.3 Å². The molecule has 0 spiro atoms. The predicted molar refractivity (Wildman–Crippen MR) is 61.6 cm³/mol. The number of ether oxygens (including phenoxy) is 1. The van der Waals surface area contributed by atoms with Gasteiger partial charge in [-0.25, -0.2) is 4.79 Å². The molecule has 1 aromatic rings. The highest BCUT2D eigenvalue weighted by Crippen LogP contribution is 2.03. The fourth-order valence-electron chi connectivity index (χ4n) is 1.04. The topological polar surface area (TPSA) is 63.6 Å². The van der Waals surface area contributed by atoms with Gasteiger partial charge in [0.1, 0.15) is 6.10 Å². The lowest BCUT2D eigenvalue weighted by molar-refractivity contribution is -0.143. The van der Waals surface area contributed by atoms with Crippen molar-refractivity contribution in [2.75, 3.05) is 12.4 Å². The van der Waals surface area contributed by atoms with Crippen LogP contribution in [-0.4, -0.2) is 35.3 Å². The second-order valence-corrected chi connectivity index (χ2v) is 3.45. The number of benzene rings is 1. The van der Waals surface area contributed by atoms with E-state index in [9.17, 15) is 9.59 Å². The fraction of sp³-hybridized carbons (Fsp3) is 0.273. The van der Waals surface area contributed by atoms with E-state index in [1.54, 1.807) is 18.2 Å². The highest BCUT2D eigenvalue weighted by molar-refractivity contribution is 7.80. The van der Waals surface area contributed by atoms with Gasteiger partial charge >= 0.3 is 5.97 Å². The molecule has 0 bridgehead atoms. The molecule has 4 nitrogen and oxygen atoms in total. The molecule has 0 saturated carbocycles. The monoisotopic (exact) mass is 240 g/mol. The zero-order valence-corrected chi connectivity index (χ0v) is 9.39. The zero-order chi connectivity index (χ0) is 12.0. The van der Waals surface area contributed by atoms with Crippen LogP contribution in [0.1, 0.15) is 10.4 Å². The molecule has 86 valence electrons. The smallest absolute Gasteiger partial charge is 0.380 e. The van der Waals surface area contributed by atoms with Crippen molar-refractivity contribution in [3.05, 3.63) is 35.9 Å². The number of carbonyl (C=O) groups excluding carboxylic acids is 2. The van der Waals surface area contributed by atoms with Crippen LogP contribution < -0.4 is 0 Å². The number of hydrogen-bond acceptors (Lipinski definition) is 5. The van der Waals surface area contributed by atoms with Crippen LogP contribution in [0.25, 0.3) is 0 Å². The number of esters is 1. The van der Waals surface area contributed by atoms with Gasteiger partial charge in [-0.05, 0) is 0 Å². The Morgan fingerprint density at radius 1 is 1.31 bits per heavy atom. The number of aliphatic hydroxyl groups is 1. The molecule has 0 heterocycles. The first kappa shape index (κ1) is 12.7. The molecule has 1 N–H and O–H groups in total. The summed E-state index contributed by atoms with van der Waals surface area (Å²) in [4.78, 5) is 22.9. The molecular formula is C11H12O4S. The van der Waals surface area contributed by atoms with Crippen LogP contribution in [0.2, 0.25) is 0 Å². The van der Waals surface area contributed by atoms with Crippen molar-refractivity contribution in [2.45, 2.75) is 6.10 Å². The molecule has 1 rings (SSSR count). The van der Waals surface area contributed by atoms with Gasteiger partial charge < -0.3 is 9.84 Å². The van der Waals surface area contributed by atoms with Crippen LogP contribution >= 0.6 is 12.6 Å². The Morgan fingerprint density at radius 3 is 2.44 bits per heavy atom. The number of thiol groups is 1. The maximum atomic E-state index is 11.5. The molecule has 0 aliphatic carbocycles. The Hall–Kier alpha value is -1.33. The molecule has 5 heteroatoms. The van der Waals surface area contributed by atoms with E-state index in [-0.39, 0.29) is 17.9 Å². The number of carbonyl (C=O) groups is 2. The lowest BCUT2D eigenvalue weighted by Crippen LogP contribution is -2.28. The third-order valence-electron chi connectivity index (χ3n) is 1.90. The average molecular weight is 240 g/mol. The average Bonchev–Trinajstić information content (AvgIpc) is 2.35. The van der Waals surface area contributed by atoms with E-state index in [2.05, 4.69) is 12.6 Å².